The lowest BCUT2D eigenvalue weighted by Gasteiger charge is -2.25. The van der Waals surface area contributed by atoms with Gasteiger partial charge in [0.1, 0.15) is 0 Å². The average Bonchev–Trinajstić information content (AvgIpc) is 2.82. The second kappa shape index (κ2) is 6.24. The van der Waals surface area contributed by atoms with Gasteiger partial charge in [-0.15, -0.1) is 0 Å². The van der Waals surface area contributed by atoms with Gasteiger partial charge in [-0.05, 0) is 44.0 Å². The van der Waals surface area contributed by atoms with Crippen LogP contribution in [0.25, 0.3) is 0 Å². The maximum atomic E-state index is 12.5. The van der Waals surface area contributed by atoms with E-state index in [1.165, 1.54) is 0 Å². The van der Waals surface area contributed by atoms with Crippen molar-refractivity contribution in [2.75, 3.05) is 6.54 Å². The van der Waals surface area contributed by atoms with Gasteiger partial charge in [0.2, 0.25) is 10.0 Å². The molecule has 1 aliphatic rings. The van der Waals surface area contributed by atoms with Crippen LogP contribution in [0, 0.1) is 0 Å². The Morgan fingerprint density at radius 3 is 2.60 bits per heavy atom. The monoisotopic (exact) mass is 296 g/mol. The highest BCUT2D eigenvalue weighted by Crippen LogP contribution is 2.30. The van der Waals surface area contributed by atoms with E-state index in [-0.39, 0.29) is 5.54 Å². The first kappa shape index (κ1) is 15.5. The summed E-state index contributed by atoms with van der Waals surface area (Å²) in [7, 11) is -3.43. The van der Waals surface area contributed by atoms with Crippen molar-refractivity contribution in [2.45, 2.75) is 56.5 Å². The third kappa shape index (κ3) is 3.81. The lowest BCUT2D eigenvalue weighted by molar-refractivity contribution is 0.427. The van der Waals surface area contributed by atoms with Crippen LogP contribution in [0.15, 0.2) is 29.2 Å². The molecule has 0 unspecified atom stereocenters. The van der Waals surface area contributed by atoms with Gasteiger partial charge in [0, 0.05) is 12.1 Å². The molecular formula is C15H24N2O2S. The van der Waals surface area contributed by atoms with Gasteiger partial charge in [0.15, 0.2) is 0 Å². The van der Waals surface area contributed by atoms with Crippen LogP contribution in [0.1, 0.15) is 45.1 Å². The quantitative estimate of drug-likeness (QED) is 0.847. The highest BCUT2D eigenvalue weighted by molar-refractivity contribution is 7.89. The van der Waals surface area contributed by atoms with E-state index in [2.05, 4.69) is 10.0 Å². The SMILES string of the molecule is CCNCc1cccc(S(=O)(=O)NC2(C)CCCC2)c1. The predicted octanol–water partition coefficient (Wildman–Crippen LogP) is 2.41. The molecule has 0 atom stereocenters. The summed E-state index contributed by atoms with van der Waals surface area (Å²) in [6, 6.07) is 7.16. The molecular weight excluding hydrogens is 272 g/mol. The van der Waals surface area contributed by atoms with Crippen LogP contribution in [0.4, 0.5) is 0 Å². The number of sulfonamides is 1. The van der Waals surface area contributed by atoms with Crippen LogP contribution >= 0.6 is 0 Å². The summed E-state index contributed by atoms with van der Waals surface area (Å²) in [4.78, 5) is 0.362. The van der Waals surface area contributed by atoms with Gasteiger partial charge in [-0.25, -0.2) is 13.1 Å². The molecule has 0 heterocycles. The summed E-state index contributed by atoms with van der Waals surface area (Å²) in [5.74, 6) is 0. The van der Waals surface area contributed by atoms with Crippen molar-refractivity contribution in [2.24, 2.45) is 0 Å². The zero-order chi connectivity index (χ0) is 14.6. The van der Waals surface area contributed by atoms with Crippen LogP contribution < -0.4 is 10.0 Å². The van der Waals surface area contributed by atoms with E-state index in [1.807, 2.05) is 19.9 Å². The van der Waals surface area contributed by atoms with Gasteiger partial charge in [0.05, 0.1) is 4.90 Å². The molecule has 0 radical (unpaired) electrons. The summed E-state index contributed by atoms with van der Waals surface area (Å²) < 4.78 is 27.9. The van der Waals surface area contributed by atoms with Crippen molar-refractivity contribution in [1.82, 2.24) is 10.0 Å². The fraction of sp³-hybridized carbons (Fsp3) is 0.600. The highest BCUT2D eigenvalue weighted by Gasteiger charge is 2.33. The van der Waals surface area contributed by atoms with Crippen LogP contribution in [-0.4, -0.2) is 20.5 Å². The summed E-state index contributed by atoms with van der Waals surface area (Å²) in [6.07, 6.45) is 4.03. The van der Waals surface area contributed by atoms with Crippen molar-refractivity contribution in [3.8, 4) is 0 Å². The number of hydrogen-bond acceptors (Lipinski definition) is 3. The predicted molar refractivity (Wildman–Crippen MR) is 81.0 cm³/mol. The molecule has 2 rings (SSSR count). The van der Waals surface area contributed by atoms with Crippen LogP contribution in [-0.2, 0) is 16.6 Å². The largest absolute Gasteiger partial charge is 0.313 e. The Labute approximate surface area is 122 Å². The molecule has 1 aromatic rings. The van der Waals surface area contributed by atoms with E-state index in [4.69, 9.17) is 0 Å². The second-order valence-electron chi connectivity index (χ2n) is 5.80. The Bertz CT molecular complexity index is 549. The first-order chi connectivity index (χ1) is 9.45. The molecule has 0 spiro atoms. The molecule has 0 amide bonds. The molecule has 0 aliphatic heterocycles. The van der Waals surface area contributed by atoms with Crippen LogP contribution in [0.2, 0.25) is 0 Å². The standard InChI is InChI=1S/C15H24N2O2S/c1-3-16-12-13-7-6-8-14(11-13)20(18,19)17-15(2)9-4-5-10-15/h6-8,11,16-17H,3-5,9-10,12H2,1-2H3. The molecule has 0 aromatic heterocycles. The molecule has 2 N–H and O–H groups in total. The Hall–Kier alpha value is -0.910. The van der Waals surface area contributed by atoms with Gasteiger partial charge < -0.3 is 5.32 Å². The molecule has 1 saturated carbocycles. The molecule has 112 valence electrons. The summed E-state index contributed by atoms with van der Waals surface area (Å²) in [5.41, 5.74) is 0.711. The Morgan fingerprint density at radius 1 is 1.25 bits per heavy atom. The van der Waals surface area contributed by atoms with E-state index in [9.17, 15) is 8.42 Å². The van der Waals surface area contributed by atoms with Crippen LogP contribution in [0.5, 0.6) is 0 Å². The first-order valence-corrected chi connectivity index (χ1v) is 8.77. The van der Waals surface area contributed by atoms with Gasteiger partial charge >= 0.3 is 0 Å². The molecule has 20 heavy (non-hydrogen) atoms. The van der Waals surface area contributed by atoms with Crippen molar-refractivity contribution in [3.63, 3.8) is 0 Å². The number of hydrogen-bond donors (Lipinski definition) is 2. The zero-order valence-electron chi connectivity index (χ0n) is 12.3. The first-order valence-electron chi connectivity index (χ1n) is 7.29. The number of benzene rings is 1. The van der Waals surface area contributed by atoms with E-state index in [0.717, 1.165) is 37.8 Å². The van der Waals surface area contributed by atoms with Crippen molar-refractivity contribution in [3.05, 3.63) is 29.8 Å². The maximum absolute atomic E-state index is 12.5. The zero-order valence-corrected chi connectivity index (χ0v) is 13.1. The summed E-state index contributed by atoms with van der Waals surface area (Å²) in [5, 5.41) is 3.21. The van der Waals surface area contributed by atoms with Crippen molar-refractivity contribution >= 4 is 10.0 Å². The summed E-state index contributed by atoms with van der Waals surface area (Å²) in [6.45, 7) is 5.59. The lowest BCUT2D eigenvalue weighted by atomic mass is 10.0. The van der Waals surface area contributed by atoms with E-state index >= 15 is 0 Å². The Morgan fingerprint density at radius 2 is 1.95 bits per heavy atom. The topological polar surface area (TPSA) is 58.2 Å². The number of rotatable bonds is 6. The molecule has 1 aliphatic carbocycles. The van der Waals surface area contributed by atoms with Gasteiger partial charge in [-0.2, -0.15) is 0 Å². The number of nitrogens with one attached hydrogen (secondary N) is 2. The normalized spacial score (nSPS) is 18.3. The molecule has 0 bridgehead atoms. The smallest absolute Gasteiger partial charge is 0.241 e. The Balaban J connectivity index is 2.16. The molecule has 4 nitrogen and oxygen atoms in total. The fourth-order valence-electron chi connectivity index (χ4n) is 2.73. The molecule has 1 aromatic carbocycles. The summed E-state index contributed by atoms with van der Waals surface area (Å²) >= 11 is 0. The Kier molecular flexibility index (Phi) is 4.83. The second-order valence-corrected chi connectivity index (χ2v) is 7.48. The van der Waals surface area contributed by atoms with Crippen molar-refractivity contribution in [1.29, 1.82) is 0 Å². The molecule has 1 fully saturated rings. The third-order valence-electron chi connectivity index (χ3n) is 3.88. The van der Waals surface area contributed by atoms with Crippen molar-refractivity contribution < 1.29 is 8.42 Å². The van der Waals surface area contributed by atoms with Gasteiger partial charge in [-0.1, -0.05) is 31.9 Å². The minimum Gasteiger partial charge on any atom is -0.313 e. The van der Waals surface area contributed by atoms with Gasteiger partial charge in [0.25, 0.3) is 0 Å². The highest BCUT2D eigenvalue weighted by atomic mass is 32.2. The minimum atomic E-state index is -3.43. The maximum Gasteiger partial charge on any atom is 0.241 e. The average molecular weight is 296 g/mol. The van der Waals surface area contributed by atoms with E-state index < -0.39 is 10.0 Å². The van der Waals surface area contributed by atoms with Crippen LogP contribution in [0.3, 0.4) is 0 Å². The van der Waals surface area contributed by atoms with E-state index in [0.29, 0.717) is 11.4 Å². The van der Waals surface area contributed by atoms with E-state index in [1.54, 1.807) is 18.2 Å². The molecule has 5 heteroatoms. The third-order valence-corrected chi connectivity index (χ3v) is 5.51. The molecule has 0 saturated heterocycles. The fourth-order valence-corrected chi connectivity index (χ4v) is 4.27. The minimum absolute atomic E-state index is 0.281. The lowest BCUT2D eigenvalue weighted by Crippen LogP contribution is -2.43. The van der Waals surface area contributed by atoms with Gasteiger partial charge in [-0.3, -0.25) is 0 Å².